The molecule has 3 aromatic carbocycles. The largest absolute Gasteiger partial charge is 0.487 e. The lowest BCUT2D eigenvalue weighted by molar-refractivity contribution is -0.113. The summed E-state index contributed by atoms with van der Waals surface area (Å²) >= 11 is 11.4. The van der Waals surface area contributed by atoms with Gasteiger partial charge in [-0.1, -0.05) is 66.4 Å². The number of anilines is 1. The Morgan fingerprint density at radius 3 is 2.42 bits per heavy atom. The summed E-state index contributed by atoms with van der Waals surface area (Å²) in [4.78, 5) is 15.3. The van der Waals surface area contributed by atoms with Gasteiger partial charge in [0.2, 0.25) is 0 Å². The quantitative estimate of drug-likeness (QED) is 0.164. The van der Waals surface area contributed by atoms with Crippen molar-refractivity contribution in [1.29, 1.82) is 0 Å². The summed E-state index contributed by atoms with van der Waals surface area (Å²) in [7, 11) is 0. The van der Waals surface area contributed by atoms with Crippen molar-refractivity contribution in [2.45, 2.75) is 13.5 Å². The van der Waals surface area contributed by atoms with Crippen molar-refractivity contribution in [2.24, 2.45) is 0 Å². The minimum atomic E-state index is -0.0879. The average Bonchev–Trinajstić information content (AvgIpc) is 3.01. The number of hydrogen-bond acceptors (Lipinski definition) is 4. The maximum Gasteiger partial charge on any atom is 0.270 e. The zero-order valence-corrected chi connectivity index (χ0v) is 22.4. The molecule has 31 heavy (non-hydrogen) atoms. The molecule has 0 bridgehead atoms. The predicted molar refractivity (Wildman–Crippen MR) is 149 cm³/mol. The highest BCUT2D eigenvalue weighted by atomic mass is 127. The zero-order valence-electron chi connectivity index (χ0n) is 16.5. The second-order valence-corrected chi connectivity index (χ2v) is 10.9. The maximum absolute atomic E-state index is 13.0. The molecule has 3 aromatic rings. The molecule has 1 amide bonds. The lowest BCUT2D eigenvalue weighted by Gasteiger charge is -2.15. The monoisotopic (exact) mass is 669 g/mol. The molecular formula is C24H17I2NO2S2. The Morgan fingerprint density at radius 1 is 1.03 bits per heavy atom. The SMILES string of the molecule is Cc1cccc(N2C(=O)/C(=C/c3cc(I)c(OCc4ccccc4)c(I)c3)SC2=S)c1. The summed E-state index contributed by atoms with van der Waals surface area (Å²) in [6.45, 7) is 2.52. The summed E-state index contributed by atoms with van der Waals surface area (Å²) in [5.74, 6) is 0.768. The minimum Gasteiger partial charge on any atom is -0.487 e. The van der Waals surface area contributed by atoms with Crippen molar-refractivity contribution >= 4 is 91.2 Å². The van der Waals surface area contributed by atoms with Gasteiger partial charge in [0, 0.05) is 0 Å². The average molecular weight is 669 g/mol. The second kappa shape index (κ2) is 10.0. The van der Waals surface area contributed by atoms with Crippen molar-refractivity contribution in [2.75, 3.05) is 4.90 Å². The summed E-state index contributed by atoms with van der Waals surface area (Å²) < 4.78 is 8.62. The van der Waals surface area contributed by atoms with E-state index in [1.165, 1.54) is 11.8 Å². The van der Waals surface area contributed by atoms with E-state index in [1.54, 1.807) is 4.90 Å². The lowest BCUT2D eigenvalue weighted by atomic mass is 10.2. The van der Waals surface area contributed by atoms with E-state index < -0.39 is 0 Å². The van der Waals surface area contributed by atoms with Gasteiger partial charge in [-0.15, -0.1) is 0 Å². The van der Waals surface area contributed by atoms with Gasteiger partial charge in [-0.3, -0.25) is 9.69 Å². The van der Waals surface area contributed by atoms with E-state index in [4.69, 9.17) is 17.0 Å². The van der Waals surface area contributed by atoms with Gasteiger partial charge in [-0.25, -0.2) is 0 Å². The Hall–Kier alpha value is -1.43. The molecule has 0 saturated carbocycles. The zero-order chi connectivity index (χ0) is 22.0. The summed E-state index contributed by atoms with van der Waals surface area (Å²) in [6.07, 6.45) is 1.90. The van der Waals surface area contributed by atoms with Gasteiger partial charge < -0.3 is 4.74 Å². The van der Waals surface area contributed by atoms with Crippen LogP contribution in [0.2, 0.25) is 0 Å². The van der Waals surface area contributed by atoms with E-state index in [0.29, 0.717) is 15.8 Å². The number of halogens is 2. The van der Waals surface area contributed by atoms with Gasteiger partial charge in [0.15, 0.2) is 4.32 Å². The van der Waals surface area contributed by atoms with E-state index in [9.17, 15) is 4.79 Å². The topological polar surface area (TPSA) is 29.5 Å². The third-order valence-corrected chi connectivity index (χ3v) is 7.50. The summed E-state index contributed by atoms with van der Waals surface area (Å²) in [5.41, 5.74) is 3.97. The van der Waals surface area contributed by atoms with E-state index in [2.05, 4.69) is 45.2 Å². The van der Waals surface area contributed by atoms with Crippen LogP contribution in [0.5, 0.6) is 5.75 Å². The smallest absolute Gasteiger partial charge is 0.270 e. The molecule has 0 N–H and O–H groups in total. The lowest BCUT2D eigenvalue weighted by Crippen LogP contribution is -2.27. The maximum atomic E-state index is 13.0. The number of carbonyl (C=O) groups is 1. The first-order valence-corrected chi connectivity index (χ1v) is 12.8. The molecule has 3 nitrogen and oxygen atoms in total. The third kappa shape index (κ3) is 5.32. The van der Waals surface area contributed by atoms with Gasteiger partial charge >= 0.3 is 0 Å². The highest BCUT2D eigenvalue weighted by molar-refractivity contribution is 14.1. The van der Waals surface area contributed by atoms with Crippen LogP contribution in [0.3, 0.4) is 0 Å². The first-order valence-electron chi connectivity index (χ1n) is 9.43. The Morgan fingerprint density at radius 2 is 1.74 bits per heavy atom. The number of aryl methyl sites for hydroxylation is 1. The van der Waals surface area contributed by atoms with Crippen LogP contribution in [0.15, 0.2) is 71.6 Å². The predicted octanol–water partition coefficient (Wildman–Crippen LogP) is 7.19. The number of thioether (sulfide) groups is 1. The van der Waals surface area contributed by atoms with Gasteiger partial charge in [0.1, 0.15) is 12.4 Å². The number of carbonyl (C=O) groups excluding carboxylic acids is 1. The Bertz CT molecular complexity index is 1170. The van der Waals surface area contributed by atoms with Crippen LogP contribution >= 0.6 is 69.2 Å². The third-order valence-electron chi connectivity index (χ3n) is 4.60. The molecule has 0 radical (unpaired) electrons. The number of hydrogen-bond donors (Lipinski definition) is 0. The molecule has 156 valence electrons. The molecule has 1 saturated heterocycles. The standard InChI is InChI=1S/C24H17I2NO2S2/c1-15-6-5-9-18(10-15)27-23(28)21(31-24(27)30)13-17-11-19(25)22(20(26)12-17)29-14-16-7-3-2-4-8-16/h2-13H,14H2,1H3/b21-13-. The highest BCUT2D eigenvalue weighted by Gasteiger charge is 2.33. The van der Waals surface area contributed by atoms with Crippen LogP contribution in [0.25, 0.3) is 6.08 Å². The van der Waals surface area contributed by atoms with Crippen LogP contribution in [0.1, 0.15) is 16.7 Å². The number of thiocarbonyl (C=S) groups is 1. The Balaban J connectivity index is 1.56. The molecule has 1 heterocycles. The number of amides is 1. The fourth-order valence-corrected chi connectivity index (χ4v) is 6.57. The van der Waals surface area contributed by atoms with Crippen LogP contribution in [0, 0.1) is 14.1 Å². The first-order chi connectivity index (χ1) is 14.9. The van der Waals surface area contributed by atoms with Gasteiger partial charge in [0.05, 0.1) is 17.7 Å². The van der Waals surface area contributed by atoms with Crippen LogP contribution < -0.4 is 9.64 Å². The highest BCUT2D eigenvalue weighted by Crippen LogP contribution is 2.37. The van der Waals surface area contributed by atoms with Crippen molar-refractivity contribution < 1.29 is 9.53 Å². The van der Waals surface area contributed by atoms with Gasteiger partial charge in [-0.05, 0) is 99.1 Å². The molecule has 1 aliphatic rings. The molecule has 7 heteroatoms. The molecular weight excluding hydrogens is 652 g/mol. The van der Waals surface area contributed by atoms with E-state index in [0.717, 1.165) is 35.3 Å². The van der Waals surface area contributed by atoms with Crippen LogP contribution in [0.4, 0.5) is 5.69 Å². The summed E-state index contributed by atoms with van der Waals surface area (Å²) in [6, 6.07) is 22.0. The number of ether oxygens (including phenoxy) is 1. The Labute approximate surface area is 218 Å². The first kappa shape index (κ1) is 22.8. The van der Waals surface area contributed by atoms with Crippen molar-refractivity contribution in [1.82, 2.24) is 0 Å². The molecule has 1 fully saturated rings. The molecule has 0 unspecified atom stereocenters. The number of nitrogens with zero attached hydrogens (tertiary/aromatic N) is 1. The Kier molecular flexibility index (Phi) is 7.35. The fourth-order valence-electron chi connectivity index (χ4n) is 3.14. The van der Waals surface area contributed by atoms with E-state index in [-0.39, 0.29) is 5.91 Å². The van der Waals surface area contributed by atoms with Crippen molar-refractivity contribution in [3.63, 3.8) is 0 Å². The number of rotatable bonds is 5. The molecule has 0 aromatic heterocycles. The molecule has 1 aliphatic heterocycles. The van der Waals surface area contributed by atoms with E-state index >= 15 is 0 Å². The summed E-state index contributed by atoms with van der Waals surface area (Å²) in [5, 5.41) is 0. The molecule has 0 spiro atoms. The van der Waals surface area contributed by atoms with Gasteiger partial charge in [0.25, 0.3) is 5.91 Å². The molecule has 4 rings (SSSR count). The van der Waals surface area contributed by atoms with E-state index in [1.807, 2.05) is 79.7 Å². The van der Waals surface area contributed by atoms with Crippen LogP contribution in [-0.2, 0) is 11.4 Å². The van der Waals surface area contributed by atoms with Crippen LogP contribution in [-0.4, -0.2) is 10.2 Å². The van der Waals surface area contributed by atoms with Crippen molar-refractivity contribution in [3.05, 3.63) is 95.5 Å². The van der Waals surface area contributed by atoms with Gasteiger partial charge in [-0.2, -0.15) is 0 Å². The molecule has 0 aliphatic carbocycles. The molecule has 0 atom stereocenters. The minimum absolute atomic E-state index is 0.0879. The van der Waals surface area contributed by atoms with Crippen molar-refractivity contribution in [3.8, 4) is 5.75 Å². The number of benzene rings is 3. The second-order valence-electron chi connectivity index (χ2n) is 6.94. The fraction of sp³-hybridized carbons (Fsp3) is 0.0833. The normalized spacial score (nSPS) is 15.1.